The summed E-state index contributed by atoms with van der Waals surface area (Å²) < 4.78 is 0.560. The van der Waals surface area contributed by atoms with Crippen molar-refractivity contribution in [3.63, 3.8) is 0 Å². The molecule has 7 heteroatoms. The lowest BCUT2D eigenvalue weighted by atomic mass is 10.1. The molecule has 0 aliphatic carbocycles. The van der Waals surface area contributed by atoms with Gasteiger partial charge in [-0.1, -0.05) is 22.9 Å². The maximum absolute atomic E-state index is 12.1. The highest BCUT2D eigenvalue weighted by atomic mass is 79.9. The number of aromatic carboxylic acids is 1. The number of aromatic nitrogens is 1. The van der Waals surface area contributed by atoms with Gasteiger partial charge in [-0.25, -0.2) is 9.78 Å². The quantitative estimate of drug-likeness (QED) is 0.803. The Bertz CT molecular complexity index is 700. The zero-order chi connectivity index (χ0) is 16.1. The van der Waals surface area contributed by atoms with Crippen LogP contribution in [0.1, 0.15) is 37.5 Å². The summed E-state index contributed by atoms with van der Waals surface area (Å²) in [5.41, 5.74) is 0.396. The second-order valence-electron chi connectivity index (χ2n) is 4.61. The Kier molecular flexibility index (Phi) is 5.68. The molecule has 0 radical (unpaired) electrons. The Morgan fingerprint density at radius 2 is 2.05 bits per heavy atom. The summed E-state index contributed by atoms with van der Waals surface area (Å²) in [4.78, 5) is 28.6. The largest absolute Gasteiger partial charge is 0.478 e. The van der Waals surface area contributed by atoms with Gasteiger partial charge in [-0.3, -0.25) is 4.79 Å². The minimum Gasteiger partial charge on any atom is -0.478 e. The first kappa shape index (κ1) is 16.6. The monoisotopic (exact) mass is 382 g/mol. The highest BCUT2D eigenvalue weighted by molar-refractivity contribution is 9.10. The second kappa shape index (κ2) is 7.51. The van der Waals surface area contributed by atoms with Gasteiger partial charge in [-0.15, -0.1) is 11.3 Å². The number of hydrogen-bond donors (Lipinski definition) is 2. The van der Waals surface area contributed by atoms with Crippen molar-refractivity contribution in [1.82, 2.24) is 10.3 Å². The Labute approximate surface area is 140 Å². The van der Waals surface area contributed by atoms with E-state index in [1.54, 1.807) is 17.4 Å². The fourth-order valence-corrected chi connectivity index (χ4v) is 3.21. The van der Waals surface area contributed by atoms with Gasteiger partial charge < -0.3 is 10.4 Å². The molecule has 2 N–H and O–H groups in total. The van der Waals surface area contributed by atoms with Gasteiger partial charge in [0.1, 0.15) is 0 Å². The van der Waals surface area contributed by atoms with Gasteiger partial charge in [0.2, 0.25) is 0 Å². The number of amides is 1. The van der Waals surface area contributed by atoms with Crippen LogP contribution in [0.5, 0.6) is 0 Å². The van der Waals surface area contributed by atoms with E-state index in [0.29, 0.717) is 23.0 Å². The summed E-state index contributed by atoms with van der Waals surface area (Å²) in [5.74, 6) is -1.36. The molecule has 2 rings (SSSR count). The molecule has 0 unspecified atom stereocenters. The number of halogens is 1. The van der Waals surface area contributed by atoms with E-state index in [9.17, 15) is 9.59 Å². The minimum absolute atomic E-state index is 0.0760. The molecular formula is C15H15BrN2O3S. The maximum Gasteiger partial charge on any atom is 0.335 e. The van der Waals surface area contributed by atoms with Crippen LogP contribution in [0.25, 0.3) is 0 Å². The number of carboxylic acids is 1. The third-order valence-electron chi connectivity index (χ3n) is 2.98. The molecule has 0 spiro atoms. The lowest BCUT2D eigenvalue weighted by Gasteiger charge is -2.06. The van der Waals surface area contributed by atoms with Gasteiger partial charge in [-0.2, -0.15) is 0 Å². The Balaban J connectivity index is 1.96. The van der Waals surface area contributed by atoms with E-state index in [1.807, 2.05) is 6.20 Å². The molecule has 22 heavy (non-hydrogen) atoms. The van der Waals surface area contributed by atoms with E-state index in [2.05, 4.69) is 33.2 Å². The van der Waals surface area contributed by atoms with Gasteiger partial charge in [-0.05, 0) is 24.6 Å². The minimum atomic E-state index is -1.06. The van der Waals surface area contributed by atoms with Crippen LogP contribution in [0, 0.1) is 0 Å². The molecule has 0 fully saturated rings. The maximum atomic E-state index is 12.1. The molecular weight excluding hydrogens is 368 g/mol. The fourth-order valence-electron chi connectivity index (χ4n) is 1.86. The zero-order valence-corrected chi connectivity index (χ0v) is 14.3. The van der Waals surface area contributed by atoms with Crippen LogP contribution < -0.4 is 5.32 Å². The van der Waals surface area contributed by atoms with Crippen LogP contribution in [0.2, 0.25) is 0 Å². The number of nitrogens with one attached hydrogen (secondary N) is 1. The second-order valence-corrected chi connectivity index (χ2v) is 6.73. The Morgan fingerprint density at radius 3 is 2.68 bits per heavy atom. The normalized spacial score (nSPS) is 10.5. The van der Waals surface area contributed by atoms with Crippen LogP contribution in [-0.2, 0) is 12.8 Å². The lowest BCUT2D eigenvalue weighted by Crippen LogP contribution is -2.26. The molecule has 0 bridgehead atoms. The SMILES string of the molecule is CCc1cnc(CCNC(=O)c2cc(Br)cc(C(=O)O)c2)s1. The number of aryl methyl sites for hydroxylation is 1. The summed E-state index contributed by atoms with van der Waals surface area (Å²) in [5, 5.41) is 12.8. The van der Waals surface area contributed by atoms with Crippen LogP contribution in [0.3, 0.4) is 0 Å². The van der Waals surface area contributed by atoms with E-state index in [-0.39, 0.29) is 11.5 Å². The summed E-state index contributed by atoms with van der Waals surface area (Å²) in [6.07, 6.45) is 3.48. The van der Waals surface area contributed by atoms with Crippen LogP contribution in [-0.4, -0.2) is 28.5 Å². The molecule has 1 heterocycles. The van der Waals surface area contributed by atoms with Crippen molar-refractivity contribution < 1.29 is 14.7 Å². The van der Waals surface area contributed by atoms with E-state index in [0.717, 1.165) is 11.4 Å². The molecule has 0 aliphatic heterocycles. The van der Waals surface area contributed by atoms with E-state index >= 15 is 0 Å². The first-order valence-electron chi connectivity index (χ1n) is 6.75. The van der Waals surface area contributed by atoms with Crippen molar-refractivity contribution >= 4 is 39.1 Å². The highest BCUT2D eigenvalue weighted by Crippen LogP contribution is 2.16. The summed E-state index contributed by atoms with van der Waals surface area (Å²) in [6, 6.07) is 4.42. The lowest BCUT2D eigenvalue weighted by molar-refractivity contribution is 0.0697. The van der Waals surface area contributed by atoms with Gasteiger partial charge in [0.05, 0.1) is 10.6 Å². The molecule has 5 nitrogen and oxygen atoms in total. The van der Waals surface area contributed by atoms with E-state index in [1.165, 1.54) is 17.0 Å². The number of carbonyl (C=O) groups is 2. The molecule has 2 aromatic rings. The van der Waals surface area contributed by atoms with Crippen molar-refractivity contribution in [3.8, 4) is 0 Å². The molecule has 0 saturated carbocycles. The number of rotatable bonds is 6. The van der Waals surface area contributed by atoms with Crippen molar-refractivity contribution in [1.29, 1.82) is 0 Å². The van der Waals surface area contributed by atoms with Gasteiger partial charge >= 0.3 is 5.97 Å². The predicted octanol–water partition coefficient (Wildman–Crippen LogP) is 3.14. The number of thiazole rings is 1. The van der Waals surface area contributed by atoms with Crippen molar-refractivity contribution in [3.05, 3.63) is 49.9 Å². The summed E-state index contributed by atoms with van der Waals surface area (Å²) in [7, 11) is 0. The molecule has 1 amide bonds. The number of carboxylic acid groups (broad SMARTS) is 1. The zero-order valence-electron chi connectivity index (χ0n) is 11.9. The molecule has 116 valence electrons. The van der Waals surface area contributed by atoms with Crippen LogP contribution in [0.15, 0.2) is 28.9 Å². The molecule has 1 aromatic heterocycles. The molecule has 0 atom stereocenters. The average molecular weight is 383 g/mol. The predicted molar refractivity (Wildman–Crippen MR) is 88.6 cm³/mol. The topological polar surface area (TPSA) is 79.3 Å². The molecule has 0 aliphatic rings. The molecule has 0 saturated heterocycles. The number of nitrogens with zero attached hydrogens (tertiary/aromatic N) is 1. The number of hydrogen-bond acceptors (Lipinski definition) is 4. The van der Waals surface area contributed by atoms with Crippen LogP contribution >= 0.6 is 27.3 Å². The van der Waals surface area contributed by atoms with Gasteiger partial charge in [0.25, 0.3) is 5.91 Å². The Hall–Kier alpha value is -1.73. The smallest absolute Gasteiger partial charge is 0.335 e. The third kappa shape index (κ3) is 4.38. The van der Waals surface area contributed by atoms with E-state index in [4.69, 9.17) is 5.11 Å². The standard InChI is InChI=1S/C15H15BrN2O3S/c1-2-12-8-18-13(22-12)3-4-17-14(19)9-5-10(15(20)21)7-11(16)6-9/h5-8H,2-4H2,1H3,(H,17,19)(H,20,21). The Morgan fingerprint density at radius 1 is 1.32 bits per heavy atom. The number of benzene rings is 1. The van der Waals surface area contributed by atoms with Crippen molar-refractivity contribution in [2.24, 2.45) is 0 Å². The molecule has 1 aromatic carbocycles. The third-order valence-corrected chi connectivity index (χ3v) is 4.64. The van der Waals surface area contributed by atoms with Crippen molar-refractivity contribution in [2.75, 3.05) is 6.54 Å². The van der Waals surface area contributed by atoms with E-state index < -0.39 is 5.97 Å². The van der Waals surface area contributed by atoms with Crippen LogP contribution in [0.4, 0.5) is 0 Å². The van der Waals surface area contributed by atoms with Gasteiger partial charge in [0, 0.05) is 34.1 Å². The highest BCUT2D eigenvalue weighted by Gasteiger charge is 2.11. The van der Waals surface area contributed by atoms with Gasteiger partial charge in [0.15, 0.2) is 0 Å². The van der Waals surface area contributed by atoms with Crippen molar-refractivity contribution in [2.45, 2.75) is 19.8 Å². The fraction of sp³-hybridized carbons (Fsp3) is 0.267. The summed E-state index contributed by atoms with van der Waals surface area (Å²) in [6.45, 7) is 2.54. The summed E-state index contributed by atoms with van der Waals surface area (Å²) >= 11 is 4.86. The average Bonchev–Trinajstić information content (AvgIpc) is 2.94. The first-order valence-corrected chi connectivity index (χ1v) is 8.36. The first-order chi connectivity index (χ1) is 10.5. The number of carbonyl (C=O) groups excluding carboxylic acids is 1.